The van der Waals surface area contributed by atoms with E-state index in [1.807, 2.05) is 0 Å². The van der Waals surface area contributed by atoms with Crippen LogP contribution in [-0.4, -0.2) is 273 Å². The fourth-order valence-corrected chi connectivity index (χ4v) is 6.93. The van der Waals surface area contributed by atoms with Crippen molar-refractivity contribution in [2.75, 3.05) is 33.0 Å². The van der Waals surface area contributed by atoms with Gasteiger partial charge in [0.15, 0.2) is 31.5 Å². The zero-order valence-electron chi connectivity index (χ0n) is 29.2. The van der Waals surface area contributed by atoms with Gasteiger partial charge in [-0.3, -0.25) is 0 Å². The molecule has 0 radical (unpaired) electrons. The molecule has 5 aliphatic rings. The van der Waals surface area contributed by atoms with E-state index in [1.54, 1.807) is 0 Å². The molecule has 25 atom stereocenters. The molecule has 5 aliphatic heterocycles. The molecule has 0 aliphatic carbocycles. The molecule has 5 rings (SSSR count). The molecule has 26 heteroatoms. The van der Waals surface area contributed by atoms with Gasteiger partial charge in [-0.1, -0.05) is 0 Å². The normalized spacial score (nSPS) is 53.2. The maximum Gasteiger partial charge on any atom is 0.187 e. The van der Waals surface area contributed by atoms with Gasteiger partial charge < -0.3 is 129 Å². The van der Waals surface area contributed by atoms with E-state index >= 15 is 0 Å². The first kappa shape index (κ1) is 46.0. The first-order valence-electron chi connectivity index (χ1n) is 17.6. The highest BCUT2D eigenvalue weighted by Crippen LogP contribution is 2.34. The Labute approximate surface area is 316 Å². The minimum atomic E-state index is -2.13. The Morgan fingerprint density at radius 3 is 1.04 bits per heavy atom. The van der Waals surface area contributed by atoms with Crippen molar-refractivity contribution in [3.05, 3.63) is 0 Å². The topological polar surface area (TPSA) is 427 Å². The van der Waals surface area contributed by atoms with Crippen LogP contribution in [0.3, 0.4) is 0 Å². The molecular formula is C30H52O26. The molecule has 5 heterocycles. The van der Waals surface area contributed by atoms with Gasteiger partial charge in [0.1, 0.15) is 122 Å². The van der Waals surface area contributed by atoms with E-state index in [0.717, 1.165) is 0 Å². The van der Waals surface area contributed by atoms with Crippen LogP contribution < -0.4 is 0 Å². The lowest BCUT2D eigenvalue weighted by atomic mass is 9.95. The third-order valence-electron chi connectivity index (χ3n) is 10.3. The molecule has 0 bridgehead atoms. The molecule has 5 fully saturated rings. The van der Waals surface area contributed by atoms with Crippen LogP contribution in [0, 0.1) is 0 Å². The fraction of sp³-hybridized carbons (Fsp3) is 1.00. The Bertz CT molecular complexity index is 1200. The number of aliphatic hydroxyl groups is 17. The van der Waals surface area contributed by atoms with Crippen molar-refractivity contribution < 1.29 is 129 Å². The Kier molecular flexibility index (Phi) is 16.1. The van der Waals surface area contributed by atoms with E-state index in [4.69, 9.17) is 42.6 Å². The third-order valence-corrected chi connectivity index (χ3v) is 10.3. The Morgan fingerprint density at radius 1 is 0.304 bits per heavy atom. The van der Waals surface area contributed by atoms with Crippen LogP contribution in [-0.2, 0) is 42.6 Å². The van der Waals surface area contributed by atoms with Gasteiger partial charge in [0.05, 0.1) is 33.0 Å². The van der Waals surface area contributed by atoms with E-state index < -0.39 is 187 Å². The molecule has 0 amide bonds. The summed E-state index contributed by atoms with van der Waals surface area (Å²) in [5.41, 5.74) is 0. The second-order valence-electron chi connectivity index (χ2n) is 14.0. The van der Waals surface area contributed by atoms with Crippen molar-refractivity contribution in [2.45, 2.75) is 154 Å². The van der Waals surface area contributed by atoms with Crippen LogP contribution in [0.5, 0.6) is 0 Å². The standard InChI is InChI=1S/C30H52O26/c31-1-6-11(35)13(37)19(43)27(50-6)48-5-10-25(15(39)18(42)26(47)49-10)56-30-22(46)17(41)24(9(4-34)53-30)55-29-21(45)16(40)23(8(3-33)52-29)54-28-20(44)14(38)12(36)7(2-32)51-28/h6-47H,1-5H2/t6-,7-,8-,9-,10-,11+,12-,13+,14+,15-,16-,17-,18+,19-,20+,21+,22+,23-,24-,25-,26?,27+,28+,29+,30+/m1/s1. The van der Waals surface area contributed by atoms with Crippen LogP contribution >= 0.6 is 0 Å². The molecule has 5 saturated heterocycles. The van der Waals surface area contributed by atoms with Crippen molar-refractivity contribution in [3.63, 3.8) is 0 Å². The minimum absolute atomic E-state index is 0.749. The highest BCUT2D eigenvalue weighted by atomic mass is 16.8. The molecule has 1 unspecified atom stereocenters. The summed E-state index contributed by atoms with van der Waals surface area (Å²) < 4.78 is 49.1. The Morgan fingerprint density at radius 2 is 0.625 bits per heavy atom. The SMILES string of the molecule is OC[C@H]1O[C@H](OC[C@H]2OC(O)[C@@H](O)[C@@H](O)[C@@H]2O[C@@H]2O[C@H](CO)[C@@H](O[C@@H]3O[C@H](CO)[C@@H](O[C@@H]4O[C@H](CO)[C@@H](O)[C@H](O)[C@@H]4O)[C@H](O)[C@@H]3O)[C@H](O)[C@@H]2O)[C@H](O)[C@@H](O)[C@H]1O. The maximum absolute atomic E-state index is 11.1. The van der Waals surface area contributed by atoms with E-state index in [9.17, 15) is 86.8 Å². The molecule has 0 saturated carbocycles. The number of aliphatic hydroxyl groups excluding tert-OH is 17. The minimum Gasteiger partial charge on any atom is -0.394 e. The Hall–Kier alpha value is -1.04. The van der Waals surface area contributed by atoms with Crippen molar-refractivity contribution in [3.8, 4) is 0 Å². The maximum atomic E-state index is 11.1. The van der Waals surface area contributed by atoms with Crippen LogP contribution in [0.4, 0.5) is 0 Å². The smallest absolute Gasteiger partial charge is 0.187 e. The van der Waals surface area contributed by atoms with Crippen LogP contribution in [0.1, 0.15) is 0 Å². The molecule has 0 aromatic heterocycles. The van der Waals surface area contributed by atoms with Gasteiger partial charge in [0.25, 0.3) is 0 Å². The van der Waals surface area contributed by atoms with Crippen molar-refractivity contribution in [1.29, 1.82) is 0 Å². The van der Waals surface area contributed by atoms with Gasteiger partial charge in [-0.05, 0) is 0 Å². The summed E-state index contributed by atoms with van der Waals surface area (Å²) in [5, 5.41) is 175. The van der Waals surface area contributed by atoms with E-state index in [1.165, 1.54) is 0 Å². The summed E-state index contributed by atoms with van der Waals surface area (Å²) in [6, 6.07) is 0. The molecular weight excluding hydrogens is 776 g/mol. The lowest BCUT2D eigenvalue weighted by molar-refractivity contribution is -0.389. The van der Waals surface area contributed by atoms with Crippen LogP contribution in [0.25, 0.3) is 0 Å². The van der Waals surface area contributed by atoms with E-state index in [2.05, 4.69) is 0 Å². The second-order valence-corrected chi connectivity index (χ2v) is 14.0. The average molecular weight is 829 g/mol. The quantitative estimate of drug-likeness (QED) is 0.0819. The number of rotatable bonds is 13. The molecule has 56 heavy (non-hydrogen) atoms. The van der Waals surface area contributed by atoms with Gasteiger partial charge in [0, 0.05) is 0 Å². The zero-order chi connectivity index (χ0) is 41.3. The van der Waals surface area contributed by atoms with Gasteiger partial charge in [-0.25, -0.2) is 0 Å². The monoisotopic (exact) mass is 828 g/mol. The van der Waals surface area contributed by atoms with Crippen LogP contribution in [0.2, 0.25) is 0 Å². The summed E-state index contributed by atoms with van der Waals surface area (Å²) in [7, 11) is 0. The molecule has 26 nitrogen and oxygen atoms in total. The van der Waals surface area contributed by atoms with Crippen molar-refractivity contribution >= 4 is 0 Å². The molecule has 0 aromatic rings. The fourth-order valence-electron chi connectivity index (χ4n) is 6.93. The summed E-state index contributed by atoms with van der Waals surface area (Å²) in [6.45, 7) is -4.27. The zero-order valence-corrected chi connectivity index (χ0v) is 29.2. The number of hydrogen-bond acceptors (Lipinski definition) is 26. The second kappa shape index (κ2) is 19.6. The Balaban J connectivity index is 1.24. The predicted octanol–water partition coefficient (Wildman–Crippen LogP) is -11.9. The van der Waals surface area contributed by atoms with Gasteiger partial charge in [0.2, 0.25) is 0 Å². The number of ether oxygens (including phenoxy) is 9. The highest BCUT2D eigenvalue weighted by molar-refractivity contribution is 4.98. The summed E-state index contributed by atoms with van der Waals surface area (Å²) >= 11 is 0. The molecule has 0 aromatic carbocycles. The highest BCUT2D eigenvalue weighted by Gasteiger charge is 2.55. The first-order chi connectivity index (χ1) is 26.5. The van der Waals surface area contributed by atoms with Gasteiger partial charge in [-0.15, -0.1) is 0 Å². The predicted molar refractivity (Wildman–Crippen MR) is 167 cm³/mol. The van der Waals surface area contributed by atoms with E-state index in [-0.39, 0.29) is 0 Å². The average Bonchev–Trinajstić information content (AvgIpc) is 3.19. The van der Waals surface area contributed by atoms with E-state index in [0.29, 0.717) is 0 Å². The van der Waals surface area contributed by atoms with Gasteiger partial charge in [-0.2, -0.15) is 0 Å². The summed E-state index contributed by atoms with van der Waals surface area (Å²) in [5.74, 6) is 0. The van der Waals surface area contributed by atoms with Gasteiger partial charge >= 0.3 is 0 Å². The first-order valence-corrected chi connectivity index (χ1v) is 17.6. The van der Waals surface area contributed by atoms with Crippen molar-refractivity contribution in [2.24, 2.45) is 0 Å². The number of hydrogen-bond donors (Lipinski definition) is 17. The van der Waals surface area contributed by atoms with Crippen LogP contribution in [0.15, 0.2) is 0 Å². The lowest BCUT2D eigenvalue weighted by Gasteiger charge is -2.49. The summed E-state index contributed by atoms with van der Waals surface area (Å²) in [4.78, 5) is 0. The summed E-state index contributed by atoms with van der Waals surface area (Å²) in [6.07, 6.45) is -45.7. The lowest BCUT2D eigenvalue weighted by Crippen LogP contribution is -2.67. The van der Waals surface area contributed by atoms with Crippen molar-refractivity contribution in [1.82, 2.24) is 0 Å². The molecule has 0 spiro atoms. The largest absolute Gasteiger partial charge is 0.394 e. The molecule has 17 N–H and O–H groups in total. The molecule has 328 valence electrons. The third kappa shape index (κ3) is 9.31.